The minimum atomic E-state index is 0.274. The third-order valence-corrected chi connectivity index (χ3v) is 2.20. The summed E-state index contributed by atoms with van der Waals surface area (Å²) in [5, 5.41) is 7.00. The summed E-state index contributed by atoms with van der Waals surface area (Å²) in [5.74, 6) is 0. The molecule has 0 aromatic heterocycles. The molecular weight excluding hydrogens is 196 g/mol. The van der Waals surface area contributed by atoms with Crippen molar-refractivity contribution in [1.82, 2.24) is 0 Å². The average molecular weight is 224 g/mol. The summed E-state index contributed by atoms with van der Waals surface area (Å²) >= 11 is 0. The second-order valence-electron chi connectivity index (χ2n) is 4.57. The molecule has 94 valence electrons. The fourth-order valence-electron chi connectivity index (χ4n) is 1.54. The van der Waals surface area contributed by atoms with Crippen molar-refractivity contribution in [3.05, 3.63) is 34.9 Å². The number of hydrogen-bond acceptors (Lipinski definition) is 1. The van der Waals surface area contributed by atoms with Crippen LogP contribution in [0.1, 0.15) is 51.3 Å². The third-order valence-electron chi connectivity index (χ3n) is 2.20. The van der Waals surface area contributed by atoms with Crippen molar-refractivity contribution < 1.29 is 5.11 Å². The Hall–Kier alpha value is -0.820. The highest BCUT2D eigenvalue weighted by atomic mass is 16.2. The average Bonchev–Trinajstić information content (AvgIpc) is 2.26. The van der Waals surface area contributed by atoms with Gasteiger partial charge in [-0.3, -0.25) is 0 Å². The van der Waals surface area contributed by atoms with Gasteiger partial charge < -0.3 is 5.11 Å². The van der Waals surface area contributed by atoms with E-state index in [-0.39, 0.29) is 5.41 Å². The molecule has 0 aliphatic heterocycles. The lowest BCUT2D eigenvalue weighted by atomic mass is 9.83. The zero-order valence-electron chi connectivity index (χ0n) is 12.2. The standard InChI is InChI=1S/C12H18.C2H6.CH4O/c1-9-6-7-10(2)11(8-9)12(3,4)5;2*1-2/h6-8H,1-5H3;1-2H3;2H,1H3. The fraction of sp³-hybridized carbons (Fsp3) is 0.600. The Labute approximate surface area is 102 Å². The lowest BCUT2D eigenvalue weighted by Crippen LogP contribution is -2.13. The molecule has 1 rings (SSSR count). The number of aliphatic hydroxyl groups is 1. The van der Waals surface area contributed by atoms with Crippen molar-refractivity contribution in [2.45, 2.75) is 53.9 Å². The highest BCUT2D eigenvalue weighted by Crippen LogP contribution is 2.25. The van der Waals surface area contributed by atoms with Crippen molar-refractivity contribution in [2.75, 3.05) is 7.11 Å². The van der Waals surface area contributed by atoms with Crippen LogP contribution in [0.4, 0.5) is 0 Å². The summed E-state index contributed by atoms with van der Waals surface area (Å²) in [6, 6.07) is 6.66. The van der Waals surface area contributed by atoms with Crippen LogP contribution in [0.2, 0.25) is 0 Å². The van der Waals surface area contributed by atoms with Crippen LogP contribution < -0.4 is 0 Å². The molecule has 1 heteroatoms. The zero-order valence-corrected chi connectivity index (χ0v) is 12.2. The van der Waals surface area contributed by atoms with E-state index in [1.54, 1.807) is 0 Å². The van der Waals surface area contributed by atoms with E-state index >= 15 is 0 Å². The monoisotopic (exact) mass is 224 g/mol. The molecule has 1 aromatic rings. The van der Waals surface area contributed by atoms with E-state index < -0.39 is 0 Å². The Morgan fingerprint density at radius 1 is 0.938 bits per heavy atom. The van der Waals surface area contributed by atoms with Crippen molar-refractivity contribution in [3.8, 4) is 0 Å². The maximum atomic E-state index is 7.00. The second kappa shape index (κ2) is 8.35. The first-order chi connectivity index (χ1) is 7.41. The molecule has 0 unspecified atom stereocenters. The topological polar surface area (TPSA) is 20.2 Å². The Morgan fingerprint density at radius 3 is 1.69 bits per heavy atom. The van der Waals surface area contributed by atoms with Gasteiger partial charge in [0.1, 0.15) is 0 Å². The lowest BCUT2D eigenvalue weighted by molar-refractivity contribution is 0.399. The molecule has 0 spiro atoms. The highest BCUT2D eigenvalue weighted by molar-refractivity contribution is 5.35. The van der Waals surface area contributed by atoms with Gasteiger partial charge in [-0.15, -0.1) is 0 Å². The number of benzene rings is 1. The summed E-state index contributed by atoms with van der Waals surface area (Å²) in [6.07, 6.45) is 0. The van der Waals surface area contributed by atoms with E-state index in [9.17, 15) is 0 Å². The van der Waals surface area contributed by atoms with Crippen LogP contribution in [0.5, 0.6) is 0 Å². The van der Waals surface area contributed by atoms with Gasteiger partial charge in [-0.1, -0.05) is 58.4 Å². The van der Waals surface area contributed by atoms with E-state index in [4.69, 9.17) is 5.11 Å². The summed E-state index contributed by atoms with van der Waals surface area (Å²) in [5.41, 5.74) is 4.48. The zero-order chi connectivity index (χ0) is 13.4. The maximum absolute atomic E-state index is 7.00. The van der Waals surface area contributed by atoms with Crippen LogP contribution in [0, 0.1) is 13.8 Å². The van der Waals surface area contributed by atoms with Crippen molar-refractivity contribution >= 4 is 0 Å². The highest BCUT2D eigenvalue weighted by Gasteiger charge is 2.15. The normalized spacial score (nSPS) is 9.56. The SMILES string of the molecule is CC.CO.Cc1ccc(C)c(C(C)(C)C)c1. The lowest BCUT2D eigenvalue weighted by Gasteiger charge is -2.22. The number of hydrogen-bond donors (Lipinski definition) is 1. The summed E-state index contributed by atoms with van der Waals surface area (Å²) in [7, 11) is 1.00. The summed E-state index contributed by atoms with van der Waals surface area (Å²) in [4.78, 5) is 0. The van der Waals surface area contributed by atoms with Gasteiger partial charge in [0, 0.05) is 7.11 Å². The van der Waals surface area contributed by atoms with Crippen LogP contribution in [-0.4, -0.2) is 12.2 Å². The third kappa shape index (κ3) is 5.92. The Balaban J connectivity index is 0. The predicted octanol–water partition coefficient (Wildman–Crippen LogP) is 4.24. The van der Waals surface area contributed by atoms with E-state index in [0.717, 1.165) is 7.11 Å². The number of aryl methyl sites for hydroxylation is 2. The van der Waals surface area contributed by atoms with Gasteiger partial charge in [-0.05, 0) is 30.4 Å². The number of rotatable bonds is 0. The van der Waals surface area contributed by atoms with Crippen LogP contribution >= 0.6 is 0 Å². The molecule has 1 nitrogen and oxygen atoms in total. The van der Waals surface area contributed by atoms with Gasteiger partial charge in [0.2, 0.25) is 0 Å². The molecule has 0 bridgehead atoms. The summed E-state index contributed by atoms with van der Waals surface area (Å²) in [6.45, 7) is 15.1. The molecular formula is C15H28O. The Kier molecular flexibility index (Phi) is 9.17. The minimum Gasteiger partial charge on any atom is -0.400 e. The molecule has 0 amide bonds. The van der Waals surface area contributed by atoms with Crippen molar-refractivity contribution in [2.24, 2.45) is 0 Å². The molecule has 1 aromatic carbocycles. The van der Waals surface area contributed by atoms with E-state index in [1.165, 1.54) is 16.7 Å². The molecule has 0 saturated heterocycles. The molecule has 0 atom stereocenters. The molecule has 16 heavy (non-hydrogen) atoms. The van der Waals surface area contributed by atoms with Crippen LogP contribution in [0.3, 0.4) is 0 Å². The molecule has 0 heterocycles. The van der Waals surface area contributed by atoms with E-state index in [1.807, 2.05) is 13.8 Å². The molecule has 0 aliphatic carbocycles. The van der Waals surface area contributed by atoms with Gasteiger partial charge in [-0.2, -0.15) is 0 Å². The van der Waals surface area contributed by atoms with Crippen LogP contribution in [0.25, 0.3) is 0 Å². The second-order valence-corrected chi connectivity index (χ2v) is 4.57. The Morgan fingerprint density at radius 2 is 1.38 bits per heavy atom. The molecule has 0 aliphatic rings. The largest absolute Gasteiger partial charge is 0.400 e. The van der Waals surface area contributed by atoms with Gasteiger partial charge in [0.05, 0.1) is 0 Å². The smallest absolute Gasteiger partial charge is 0.0319 e. The van der Waals surface area contributed by atoms with E-state index in [0.29, 0.717) is 0 Å². The van der Waals surface area contributed by atoms with E-state index in [2.05, 4.69) is 52.8 Å². The Bertz CT molecular complexity index is 282. The van der Waals surface area contributed by atoms with Gasteiger partial charge in [-0.25, -0.2) is 0 Å². The predicted molar refractivity (Wildman–Crippen MR) is 74.1 cm³/mol. The van der Waals surface area contributed by atoms with Gasteiger partial charge in [0.25, 0.3) is 0 Å². The molecule has 0 radical (unpaired) electrons. The first-order valence-electron chi connectivity index (χ1n) is 5.94. The van der Waals surface area contributed by atoms with Crippen molar-refractivity contribution in [3.63, 3.8) is 0 Å². The molecule has 0 saturated carbocycles. The van der Waals surface area contributed by atoms with Crippen LogP contribution in [0.15, 0.2) is 18.2 Å². The summed E-state index contributed by atoms with van der Waals surface area (Å²) < 4.78 is 0. The fourth-order valence-corrected chi connectivity index (χ4v) is 1.54. The van der Waals surface area contributed by atoms with Crippen molar-refractivity contribution in [1.29, 1.82) is 0 Å². The van der Waals surface area contributed by atoms with Gasteiger partial charge in [0.15, 0.2) is 0 Å². The van der Waals surface area contributed by atoms with Crippen LogP contribution in [-0.2, 0) is 5.41 Å². The first-order valence-corrected chi connectivity index (χ1v) is 5.94. The quantitative estimate of drug-likeness (QED) is 0.699. The van der Waals surface area contributed by atoms with Gasteiger partial charge >= 0.3 is 0 Å². The molecule has 0 fully saturated rings. The first kappa shape index (κ1) is 17.6. The maximum Gasteiger partial charge on any atom is 0.0319 e. The minimum absolute atomic E-state index is 0.274. The molecule has 1 N–H and O–H groups in total. The number of aliphatic hydroxyl groups excluding tert-OH is 1.